The summed E-state index contributed by atoms with van der Waals surface area (Å²) < 4.78 is 5.42. The maximum absolute atomic E-state index is 10.8. The molecule has 0 bridgehead atoms. The first kappa shape index (κ1) is 14.8. The molecule has 0 aromatic carbocycles. The summed E-state index contributed by atoms with van der Waals surface area (Å²) in [5.41, 5.74) is 0. The number of aliphatic carboxylic acids is 1. The average Bonchev–Trinajstić information content (AvgIpc) is 2.64. The summed E-state index contributed by atoms with van der Waals surface area (Å²) in [6.07, 6.45) is 6.30. The lowest BCUT2D eigenvalue weighted by Crippen LogP contribution is -2.41. The minimum atomic E-state index is -0.714. The number of hydrogen-bond donors (Lipinski definition) is 1. The number of carboxylic acids is 1. The smallest absolute Gasteiger partial charge is 0.317 e. The van der Waals surface area contributed by atoms with Crippen LogP contribution in [-0.4, -0.2) is 72.9 Å². The predicted octanol–water partition coefficient (Wildman–Crippen LogP) is 1.04. The Labute approximate surface area is 115 Å². The fourth-order valence-corrected chi connectivity index (χ4v) is 3.35. The maximum atomic E-state index is 10.8. The SMILES string of the molecule is COC1CCC(N2CCCN(CC(=O)O)CC2)CC1. The van der Waals surface area contributed by atoms with E-state index in [1.807, 2.05) is 0 Å². The molecule has 0 radical (unpaired) electrons. The van der Waals surface area contributed by atoms with E-state index in [1.165, 1.54) is 12.8 Å². The lowest BCUT2D eigenvalue weighted by atomic mass is 9.91. The molecule has 110 valence electrons. The number of carboxylic acid groups (broad SMARTS) is 1. The van der Waals surface area contributed by atoms with Crippen LogP contribution < -0.4 is 0 Å². The van der Waals surface area contributed by atoms with Crippen LogP contribution in [0.5, 0.6) is 0 Å². The van der Waals surface area contributed by atoms with Gasteiger partial charge in [0.2, 0.25) is 0 Å². The Morgan fingerprint density at radius 1 is 1.16 bits per heavy atom. The third-order valence-electron chi connectivity index (χ3n) is 4.48. The van der Waals surface area contributed by atoms with Crippen LogP contribution in [0.2, 0.25) is 0 Å². The molecular formula is C14H26N2O3. The molecule has 0 aromatic rings. The molecule has 1 saturated heterocycles. The molecule has 2 fully saturated rings. The Balaban J connectivity index is 1.78. The highest BCUT2D eigenvalue weighted by Crippen LogP contribution is 2.25. The van der Waals surface area contributed by atoms with E-state index >= 15 is 0 Å². The van der Waals surface area contributed by atoms with Crippen LogP contribution in [0.15, 0.2) is 0 Å². The van der Waals surface area contributed by atoms with Gasteiger partial charge in [0.15, 0.2) is 0 Å². The highest BCUT2D eigenvalue weighted by Gasteiger charge is 2.27. The Morgan fingerprint density at radius 2 is 1.89 bits per heavy atom. The van der Waals surface area contributed by atoms with Crippen LogP contribution in [0.25, 0.3) is 0 Å². The summed E-state index contributed by atoms with van der Waals surface area (Å²) >= 11 is 0. The van der Waals surface area contributed by atoms with Crippen molar-refractivity contribution in [3.63, 3.8) is 0 Å². The van der Waals surface area contributed by atoms with E-state index < -0.39 is 5.97 Å². The molecule has 0 atom stereocenters. The topological polar surface area (TPSA) is 53.0 Å². The van der Waals surface area contributed by atoms with Crippen LogP contribution in [-0.2, 0) is 9.53 Å². The highest BCUT2D eigenvalue weighted by molar-refractivity contribution is 5.69. The molecule has 2 aliphatic rings. The van der Waals surface area contributed by atoms with Gasteiger partial charge in [0.25, 0.3) is 0 Å². The van der Waals surface area contributed by atoms with E-state index in [2.05, 4.69) is 9.80 Å². The van der Waals surface area contributed by atoms with E-state index in [-0.39, 0.29) is 6.54 Å². The lowest BCUT2D eigenvalue weighted by Gasteiger charge is -2.35. The minimum absolute atomic E-state index is 0.185. The van der Waals surface area contributed by atoms with Crippen LogP contribution in [0.4, 0.5) is 0 Å². The normalized spacial score (nSPS) is 31.0. The summed E-state index contributed by atoms with van der Waals surface area (Å²) in [5, 5.41) is 8.86. The quantitative estimate of drug-likeness (QED) is 0.827. The Bertz CT molecular complexity index is 290. The molecule has 0 unspecified atom stereocenters. The first-order valence-electron chi connectivity index (χ1n) is 7.40. The molecular weight excluding hydrogens is 244 g/mol. The van der Waals surface area contributed by atoms with Gasteiger partial charge >= 0.3 is 5.97 Å². The molecule has 1 saturated carbocycles. The van der Waals surface area contributed by atoms with Crippen molar-refractivity contribution in [2.75, 3.05) is 39.8 Å². The third kappa shape index (κ3) is 4.44. The fraction of sp³-hybridized carbons (Fsp3) is 0.929. The number of methoxy groups -OCH3 is 1. The van der Waals surface area contributed by atoms with Crippen LogP contribution in [0, 0.1) is 0 Å². The summed E-state index contributed by atoms with van der Waals surface area (Å²) in [6.45, 7) is 4.10. The fourth-order valence-electron chi connectivity index (χ4n) is 3.35. The predicted molar refractivity (Wildman–Crippen MR) is 73.3 cm³/mol. The molecule has 1 heterocycles. The minimum Gasteiger partial charge on any atom is -0.480 e. The molecule has 1 N–H and O–H groups in total. The van der Waals surface area contributed by atoms with Crippen molar-refractivity contribution in [1.29, 1.82) is 0 Å². The van der Waals surface area contributed by atoms with Crippen molar-refractivity contribution < 1.29 is 14.6 Å². The van der Waals surface area contributed by atoms with Crippen molar-refractivity contribution in [2.45, 2.75) is 44.2 Å². The molecule has 2 rings (SSSR count). The highest BCUT2D eigenvalue weighted by atomic mass is 16.5. The van der Waals surface area contributed by atoms with Gasteiger partial charge in [-0.25, -0.2) is 0 Å². The van der Waals surface area contributed by atoms with Crippen LogP contribution >= 0.6 is 0 Å². The molecule has 0 amide bonds. The summed E-state index contributed by atoms with van der Waals surface area (Å²) in [4.78, 5) is 15.4. The summed E-state index contributed by atoms with van der Waals surface area (Å²) in [6, 6.07) is 0.677. The van der Waals surface area contributed by atoms with Crippen molar-refractivity contribution in [2.24, 2.45) is 0 Å². The molecule has 19 heavy (non-hydrogen) atoms. The van der Waals surface area contributed by atoms with Gasteiger partial charge in [-0.05, 0) is 38.6 Å². The zero-order valence-corrected chi connectivity index (χ0v) is 11.9. The largest absolute Gasteiger partial charge is 0.480 e. The first-order valence-corrected chi connectivity index (χ1v) is 7.40. The molecule has 1 aliphatic heterocycles. The Kier molecular flexibility index (Phi) is 5.60. The second kappa shape index (κ2) is 7.22. The zero-order valence-electron chi connectivity index (χ0n) is 11.9. The van der Waals surface area contributed by atoms with Gasteiger partial charge in [-0.1, -0.05) is 0 Å². The van der Waals surface area contributed by atoms with E-state index in [1.54, 1.807) is 7.11 Å². The maximum Gasteiger partial charge on any atom is 0.317 e. The summed E-state index contributed by atoms with van der Waals surface area (Å²) in [5.74, 6) is -0.714. The van der Waals surface area contributed by atoms with Crippen molar-refractivity contribution in [3.8, 4) is 0 Å². The number of nitrogens with zero attached hydrogens (tertiary/aromatic N) is 2. The molecule has 5 nitrogen and oxygen atoms in total. The second-order valence-electron chi connectivity index (χ2n) is 5.73. The number of carbonyl (C=O) groups is 1. The van der Waals surface area contributed by atoms with Crippen LogP contribution in [0.3, 0.4) is 0 Å². The number of hydrogen-bond acceptors (Lipinski definition) is 4. The van der Waals surface area contributed by atoms with Gasteiger partial charge in [-0.2, -0.15) is 0 Å². The van der Waals surface area contributed by atoms with E-state index in [9.17, 15) is 4.79 Å². The Morgan fingerprint density at radius 3 is 2.53 bits per heavy atom. The number of ether oxygens (including phenoxy) is 1. The van der Waals surface area contributed by atoms with E-state index in [4.69, 9.17) is 9.84 Å². The average molecular weight is 270 g/mol. The van der Waals surface area contributed by atoms with Gasteiger partial charge in [-0.3, -0.25) is 14.6 Å². The van der Waals surface area contributed by atoms with Gasteiger partial charge in [0.05, 0.1) is 12.6 Å². The first-order chi connectivity index (χ1) is 9.19. The standard InChI is InChI=1S/C14H26N2O3/c1-19-13-5-3-12(4-6-13)16-8-2-7-15(9-10-16)11-14(17)18/h12-13H,2-11H2,1H3,(H,17,18). The molecule has 5 heteroatoms. The second-order valence-corrected chi connectivity index (χ2v) is 5.73. The zero-order chi connectivity index (χ0) is 13.7. The van der Waals surface area contributed by atoms with Gasteiger partial charge in [0.1, 0.15) is 0 Å². The monoisotopic (exact) mass is 270 g/mol. The van der Waals surface area contributed by atoms with Gasteiger partial charge in [0, 0.05) is 32.8 Å². The van der Waals surface area contributed by atoms with E-state index in [0.29, 0.717) is 12.1 Å². The third-order valence-corrected chi connectivity index (χ3v) is 4.48. The van der Waals surface area contributed by atoms with Crippen molar-refractivity contribution in [3.05, 3.63) is 0 Å². The molecule has 1 aliphatic carbocycles. The molecule has 0 spiro atoms. The van der Waals surface area contributed by atoms with Crippen molar-refractivity contribution in [1.82, 2.24) is 9.80 Å². The van der Waals surface area contributed by atoms with Crippen molar-refractivity contribution >= 4 is 5.97 Å². The molecule has 0 aromatic heterocycles. The van der Waals surface area contributed by atoms with E-state index in [0.717, 1.165) is 45.4 Å². The summed E-state index contributed by atoms with van der Waals surface area (Å²) in [7, 11) is 1.81. The lowest BCUT2D eigenvalue weighted by molar-refractivity contribution is -0.138. The Hall–Kier alpha value is -0.650. The van der Waals surface area contributed by atoms with Crippen LogP contribution in [0.1, 0.15) is 32.1 Å². The van der Waals surface area contributed by atoms with Gasteiger partial charge < -0.3 is 9.84 Å². The number of rotatable bonds is 4. The van der Waals surface area contributed by atoms with Gasteiger partial charge in [-0.15, -0.1) is 0 Å².